The van der Waals surface area contributed by atoms with E-state index in [1.54, 1.807) is 0 Å². The van der Waals surface area contributed by atoms with Gasteiger partial charge in [0.2, 0.25) is 6.79 Å². The maximum absolute atomic E-state index is 5.47. The first-order valence-corrected chi connectivity index (χ1v) is 7.90. The highest BCUT2D eigenvalue weighted by molar-refractivity contribution is 5.44. The van der Waals surface area contributed by atoms with E-state index in [0.717, 1.165) is 42.9 Å². The van der Waals surface area contributed by atoms with E-state index in [4.69, 9.17) is 9.47 Å². The molecule has 1 aliphatic heterocycles. The predicted molar refractivity (Wildman–Crippen MR) is 83.0 cm³/mol. The minimum absolute atomic E-state index is 0.337. The van der Waals surface area contributed by atoms with Crippen LogP contribution >= 0.6 is 0 Å². The van der Waals surface area contributed by atoms with Crippen LogP contribution in [0.5, 0.6) is 11.5 Å². The van der Waals surface area contributed by atoms with Gasteiger partial charge in [-0.2, -0.15) is 5.10 Å². The van der Waals surface area contributed by atoms with Crippen LogP contribution in [0.1, 0.15) is 24.1 Å². The van der Waals surface area contributed by atoms with Gasteiger partial charge in [-0.05, 0) is 43.5 Å². The Labute approximate surface area is 130 Å². The van der Waals surface area contributed by atoms with E-state index in [9.17, 15) is 0 Å². The number of benzene rings is 1. The lowest BCUT2D eigenvalue weighted by atomic mass is 10.2. The average Bonchev–Trinajstić information content (AvgIpc) is 3.11. The zero-order valence-electron chi connectivity index (χ0n) is 12.9. The number of rotatable bonds is 6. The molecule has 1 saturated carbocycles. The topological polar surface area (TPSA) is 39.5 Å². The Morgan fingerprint density at radius 3 is 2.86 bits per heavy atom. The molecule has 4 rings (SSSR count). The summed E-state index contributed by atoms with van der Waals surface area (Å²) in [5.74, 6) is 1.73. The molecule has 0 spiro atoms. The average molecular weight is 299 g/mol. The first kappa shape index (κ1) is 13.6. The highest BCUT2D eigenvalue weighted by Gasteiger charge is 2.29. The smallest absolute Gasteiger partial charge is 0.231 e. The lowest BCUT2D eigenvalue weighted by Gasteiger charge is -2.22. The van der Waals surface area contributed by atoms with Crippen LogP contribution in [0.2, 0.25) is 0 Å². The van der Waals surface area contributed by atoms with Gasteiger partial charge in [-0.15, -0.1) is 0 Å². The Morgan fingerprint density at radius 1 is 1.23 bits per heavy atom. The summed E-state index contributed by atoms with van der Waals surface area (Å²) in [7, 11) is 0. The van der Waals surface area contributed by atoms with Crippen molar-refractivity contribution in [3.05, 3.63) is 41.7 Å². The minimum atomic E-state index is 0.337. The van der Waals surface area contributed by atoms with Gasteiger partial charge >= 0.3 is 0 Å². The summed E-state index contributed by atoms with van der Waals surface area (Å²) in [6.07, 6.45) is 4.67. The fourth-order valence-corrected chi connectivity index (χ4v) is 2.92. The van der Waals surface area contributed by atoms with Crippen LogP contribution in [0.15, 0.2) is 30.5 Å². The Morgan fingerprint density at radius 2 is 2.09 bits per heavy atom. The summed E-state index contributed by atoms with van der Waals surface area (Å²) in [4.78, 5) is 2.55. The van der Waals surface area contributed by atoms with Crippen LogP contribution in [-0.4, -0.2) is 34.1 Å². The zero-order chi connectivity index (χ0) is 14.9. The summed E-state index contributed by atoms with van der Waals surface area (Å²) in [6.45, 7) is 5.29. The normalized spacial score (nSPS) is 16.5. The second-order valence-electron chi connectivity index (χ2n) is 6.11. The number of aryl methyl sites for hydroxylation is 1. The fraction of sp³-hybridized carbons (Fsp3) is 0.471. The Bertz CT molecular complexity index is 664. The van der Waals surface area contributed by atoms with Crippen molar-refractivity contribution in [1.82, 2.24) is 14.7 Å². The van der Waals surface area contributed by atoms with Crippen molar-refractivity contribution in [2.24, 2.45) is 0 Å². The molecule has 5 heteroatoms. The third-order valence-electron chi connectivity index (χ3n) is 4.28. The van der Waals surface area contributed by atoms with Crippen molar-refractivity contribution in [3.63, 3.8) is 0 Å². The second-order valence-corrected chi connectivity index (χ2v) is 6.11. The molecule has 0 bridgehead atoms. The fourth-order valence-electron chi connectivity index (χ4n) is 2.92. The molecule has 1 aromatic heterocycles. The quantitative estimate of drug-likeness (QED) is 0.822. The zero-order valence-corrected chi connectivity index (χ0v) is 12.9. The van der Waals surface area contributed by atoms with Crippen molar-refractivity contribution in [3.8, 4) is 11.5 Å². The van der Waals surface area contributed by atoms with Gasteiger partial charge in [0.25, 0.3) is 0 Å². The molecule has 0 amide bonds. The standard InChI is InChI=1S/C17H21N3O2/c1-13-6-7-20(18-13)9-8-19(15-3-4-15)11-14-2-5-16-17(10-14)22-12-21-16/h2,5-7,10,15H,3-4,8-9,11-12H2,1H3. The molecule has 0 saturated heterocycles. The Kier molecular flexibility index (Phi) is 3.50. The van der Waals surface area contributed by atoms with Crippen molar-refractivity contribution in [2.75, 3.05) is 13.3 Å². The van der Waals surface area contributed by atoms with E-state index in [2.05, 4.69) is 34.4 Å². The van der Waals surface area contributed by atoms with E-state index in [0.29, 0.717) is 6.79 Å². The van der Waals surface area contributed by atoms with E-state index < -0.39 is 0 Å². The van der Waals surface area contributed by atoms with Gasteiger partial charge in [0.05, 0.1) is 12.2 Å². The lowest BCUT2D eigenvalue weighted by Crippen LogP contribution is -2.29. The van der Waals surface area contributed by atoms with Gasteiger partial charge in [0, 0.05) is 25.3 Å². The number of aromatic nitrogens is 2. The maximum Gasteiger partial charge on any atom is 0.231 e. The molecule has 0 N–H and O–H groups in total. The SMILES string of the molecule is Cc1ccn(CCN(Cc2ccc3c(c2)OCO3)C2CC2)n1. The molecular weight excluding hydrogens is 278 g/mol. The number of nitrogens with zero attached hydrogens (tertiary/aromatic N) is 3. The first-order valence-electron chi connectivity index (χ1n) is 7.90. The Balaban J connectivity index is 1.41. The van der Waals surface area contributed by atoms with Crippen molar-refractivity contribution in [1.29, 1.82) is 0 Å². The summed E-state index contributed by atoms with van der Waals surface area (Å²) in [5, 5.41) is 4.47. The molecule has 5 nitrogen and oxygen atoms in total. The second kappa shape index (κ2) is 5.65. The van der Waals surface area contributed by atoms with Gasteiger partial charge in [-0.25, -0.2) is 0 Å². The number of hydrogen-bond acceptors (Lipinski definition) is 4. The van der Waals surface area contributed by atoms with E-state index in [1.165, 1.54) is 18.4 Å². The summed E-state index contributed by atoms with van der Waals surface area (Å²) in [6, 6.07) is 9.04. The van der Waals surface area contributed by atoms with Crippen LogP contribution in [0.3, 0.4) is 0 Å². The molecule has 22 heavy (non-hydrogen) atoms. The molecule has 0 unspecified atom stereocenters. The molecule has 1 aromatic carbocycles. The van der Waals surface area contributed by atoms with Crippen LogP contribution < -0.4 is 9.47 Å². The van der Waals surface area contributed by atoms with Crippen molar-refractivity contribution >= 4 is 0 Å². The predicted octanol–water partition coefficient (Wildman–Crippen LogP) is 2.58. The highest BCUT2D eigenvalue weighted by Crippen LogP contribution is 2.34. The molecule has 1 aliphatic carbocycles. The molecule has 0 radical (unpaired) electrons. The van der Waals surface area contributed by atoms with Gasteiger partial charge in [0.15, 0.2) is 11.5 Å². The maximum atomic E-state index is 5.47. The lowest BCUT2D eigenvalue weighted by molar-refractivity contribution is 0.174. The molecular formula is C17H21N3O2. The monoisotopic (exact) mass is 299 g/mol. The van der Waals surface area contributed by atoms with Crippen molar-refractivity contribution in [2.45, 2.75) is 38.9 Å². The number of fused-ring (bicyclic) bond motifs is 1. The molecule has 1 fully saturated rings. The third-order valence-corrected chi connectivity index (χ3v) is 4.28. The van der Waals surface area contributed by atoms with Crippen LogP contribution in [0.4, 0.5) is 0 Å². The Hall–Kier alpha value is -2.01. The first-order chi connectivity index (χ1) is 10.8. The van der Waals surface area contributed by atoms with Crippen LogP contribution in [0.25, 0.3) is 0 Å². The van der Waals surface area contributed by atoms with Crippen LogP contribution in [-0.2, 0) is 13.1 Å². The van der Waals surface area contributed by atoms with E-state index in [1.807, 2.05) is 17.7 Å². The van der Waals surface area contributed by atoms with Gasteiger partial charge in [-0.3, -0.25) is 9.58 Å². The molecule has 2 heterocycles. The summed E-state index contributed by atoms with van der Waals surface area (Å²) in [5.41, 5.74) is 2.36. The number of hydrogen-bond donors (Lipinski definition) is 0. The third kappa shape index (κ3) is 2.95. The largest absolute Gasteiger partial charge is 0.454 e. The van der Waals surface area contributed by atoms with E-state index in [-0.39, 0.29) is 0 Å². The van der Waals surface area contributed by atoms with Gasteiger partial charge in [-0.1, -0.05) is 6.07 Å². The highest BCUT2D eigenvalue weighted by atomic mass is 16.7. The summed E-state index contributed by atoms with van der Waals surface area (Å²) < 4.78 is 12.9. The molecule has 116 valence electrons. The van der Waals surface area contributed by atoms with E-state index >= 15 is 0 Å². The van der Waals surface area contributed by atoms with Gasteiger partial charge in [0.1, 0.15) is 0 Å². The van der Waals surface area contributed by atoms with Crippen LogP contribution in [0, 0.1) is 6.92 Å². The number of ether oxygens (including phenoxy) is 2. The van der Waals surface area contributed by atoms with Crippen molar-refractivity contribution < 1.29 is 9.47 Å². The molecule has 2 aliphatic rings. The molecule has 2 aromatic rings. The summed E-state index contributed by atoms with van der Waals surface area (Å²) >= 11 is 0. The molecule has 0 atom stereocenters. The van der Waals surface area contributed by atoms with Gasteiger partial charge < -0.3 is 9.47 Å². The minimum Gasteiger partial charge on any atom is -0.454 e.